The van der Waals surface area contributed by atoms with E-state index in [1.54, 1.807) is 0 Å². The molecule has 0 spiro atoms. The lowest BCUT2D eigenvalue weighted by Crippen LogP contribution is -2.12. The van der Waals surface area contributed by atoms with Crippen molar-refractivity contribution in [3.05, 3.63) is 58.4 Å². The van der Waals surface area contributed by atoms with Crippen molar-refractivity contribution >= 4 is 27.9 Å². The van der Waals surface area contributed by atoms with Gasteiger partial charge in [-0.05, 0) is 60.9 Å². The van der Waals surface area contributed by atoms with Crippen molar-refractivity contribution in [3.63, 3.8) is 0 Å². The van der Waals surface area contributed by atoms with Crippen LogP contribution >= 0.6 is 11.3 Å². The van der Waals surface area contributed by atoms with Crippen LogP contribution in [0.5, 0.6) is 0 Å². The second-order valence-corrected chi connectivity index (χ2v) is 6.78. The summed E-state index contributed by atoms with van der Waals surface area (Å²) in [5, 5.41) is 7.17. The predicted octanol–water partition coefficient (Wildman–Crippen LogP) is 5.17. The molecule has 3 heteroatoms. The van der Waals surface area contributed by atoms with E-state index in [2.05, 4.69) is 52.9 Å². The lowest BCUT2D eigenvalue weighted by Gasteiger charge is -2.20. The van der Waals surface area contributed by atoms with Gasteiger partial charge in [0.25, 0.3) is 0 Å². The SMILES string of the molecule is Cc1ccc(NC(c2cccs2)C2CC2)c2cccnc12. The van der Waals surface area contributed by atoms with Gasteiger partial charge in [-0.15, -0.1) is 11.3 Å². The number of anilines is 1. The first-order valence-corrected chi connectivity index (χ1v) is 8.35. The number of nitrogens with one attached hydrogen (secondary N) is 1. The summed E-state index contributed by atoms with van der Waals surface area (Å²) in [6, 6.07) is 13.4. The highest BCUT2D eigenvalue weighted by molar-refractivity contribution is 7.10. The van der Waals surface area contributed by atoms with Crippen LogP contribution in [0.1, 0.15) is 29.3 Å². The van der Waals surface area contributed by atoms with Gasteiger partial charge in [-0.3, -0.25) is 4.98 Å². The van der Waals surface area contributed by atoms with Gasteiger partial charge in [0.15, 0.2) is 0 Å². The number of nitrogens with zero attached hydrogens (tertiary/aromatic N) is 1. The molecule has 21 heavy (non-hydrogen) atoms. The van der Waals surface area contributed by atoms with Crippen molar-refractivity contribution in [1.29, 1.82) is 0 Å². The molecule has 0 bridgehead atoms. The predicted molar refractivity (Wildman–Crippen MR) is 89.9 cm³/mol. The molecule has 1 aliphatic rings. The molecule has 106 valence electrons. The molecule has 0 saturated heterocycles. The summed E-state index contributed by atoms with van der Waals surface area (Å²) >= 11 is 1.85. The normalized spacial score (nSPS) is 16.0. The zero-order valence-corrected chi connectivity index (χ0v) is 12.9. The second-order valence-electron chi connectivity index (χ2n) is 5.80. The van der Waals surface area contributed by atoms with E-state index in [9.17, 15) is 0 Å². The molecule has 2 aromatic heterocycles. The van der Waals surface area contributed by atoms with Gasteiger partial charge in [-0.2, -0.15) is 0 Å². The number of aromatic nitrogens is 1. The Labute approximate surface area is 128 Å². The number of fused-ring (bicyclic) bond motifs is 1. The minimum atomic E-state index is 0.441. The Morgan fingerprint density at radius 3 is 2.86 bits per heavy atom. The molecule has 3 aromatic rings. The number of aryl methyl sites for hydroxylation is 1. The Kier molecular flexibility index (Phi) is 3.15. The average molecular weight is 294 g/mol. The summed E-state index contributed by atoms with van der Waals surface area (Å²) in [5.41, 5.74) is 3.53. The van der Waals surface area contributed by atoms with Crippen LogP contribution < -0.4 is 5.32 Å². The van der Waals surface area contributed by atoms with Gasteiger partial charge < -0.3 is 5.32 Å². The molecule has 1 aliphatic carbocycles. The third kappa shape index (κ3) is 2.42. The zero-order chi connectivity index (χ0) is 14.2. The van der Waals surface area contributed by atoms with Crippen LogP contribution in [0.25, 0.3) is 10.9 Å². The van der Waals surface area contributed by atoms with Gasteiger partial charge in [0.05, 0.1) is 11.6 Å². The molecule has 2 heterocycles. The van der Waals surface area contributed by atoms with E-state index in [-0.39, 0.29) is 0 Å². The summed E-state index contributed by atoms with van der Waals surface area (Å²) in [5.74, 6) is 0.775. The number of hydrogen-bond acceptors (Lipinski definition) is 3. The molecule has 4 rings (SSSR count). The number of benzene rings is 1. The molecule has 1 atom stereocenters. The Morgan fingerprint density at radius 1 is 1.19 bits per heavy atom. The Balaban J connectivity index is 1.75. The van der Waals surface area contributed by atoms with Gasteiger partial charge in [-0.1, -0.05) is 12.1 Å². The molecule has 1 aromatic carbocycles. The van der Waals surface area contributed by atoms with Crippen molar-refractivity contribution < 1.29 is 0 Å². The fraction of sp³-hybridized carbons (Fsp3) is 0.278. The first kappa shape index (κ1) is 12.8. The molecule has 0 aliphatic heterocycles. The molecule has 0 radical (unpaired) electrons. The minimum absolute atomic E-state index is 0.441. The lowest BCUT2D eigenvalue weighted by atomic mass is 10.1. The van der Waals surface area contributed by atoms with Gasteiger partial charge in [0.1, 0.15) is 0 Å². The fourth-order valence-electron chi connectivity index (χ4n) is 2.93. The Hall–Kier alpha value is -1.87. The summed E-state index contributed by atoms with van der Waals surface area (Å²) in [4.78, 5) is 5.97. The van der Waals surface area contributed by atoms with Crippen molar-refractivity contribution in [3.8, 4) is 0 Å². The zero-order valence-electron chi connectivity index (χ0n) is 12.0. The molecule has 2 nitrogen and oxygen atoms in total. The standard InChI is InChI=1S/C18H18N2S/c1-12-6-9-15(14-4-2-10-19-17(12)14)20-18(13-7-8-13)16-5-3-11-21-16/h2-6,9-11,13,18,20H,7-8H2,1H3. The van der Waals surface area contributed by atoms with Gasteiger partial charge >= 0.3 is 0 Å². The maximum atomic E-state index is 4.53. The second kappa shape index (κ2) is 5.15. The summed E-state index contributed by atoms with van der Waals surface area (Å²) in [7, 11) is 0. The van der Waals surface area contributed by atoms with Gasteiger partial charge in [0.2, 0.25) is 0 Å². The molecule has 1 N–H and O–H groups in total. The minimum Gasteiger partial charge on any atom is -0.377 e. The van der Waals surface area contributed by atoms with Crippen LogP contribution in [0.4, 0.5) is 5.69 Å². The smallest absolute Gasteiger partial charge is 0.0751 e. The van der Waals surface area contributed by atoms with Crippen LogP contribution in [0.2, 0.25) is 0 Å². The highest BCUT2D eigenvalue weighted by Crippen LogP contribution is 2.44. The molecule has 1 saturated carbocycles. The van der Waals surface area contributed by atoms with Crippen molar-refractivity contribution in [2.75, 3.05) is 5.32 Å². The maximum Gasteiger partial charge on any atom is 0.0751 e. The van der Waals surface area contributed by atoms with Gasteiger partial charge in [-0.25, -0.2) is 0 Å². The number of thiophene rings is 1. The summed E-state index contributed by atoms with van der Waals surface area (Å²) in [6.45, 7) is 2.12. The van der Waals surface area contributed by atoms with Crippen LogP contribution in [-0.4, -0.2) is 4.98 Å². The van der Waals surface area contributed by atoms with Crippen LogP contribution in [-0.2, 0) is 0 Å². The summed E-state index contributed by atoms with van der Waals surface area (Å²) < 4.78 is 0. The molecule has 1 fully saturated rings. The van der Waals surface area contributed by atoms with Crippen LogP contribution in [0.15, 0.2) is 48.0 Å². The van der Waals surface area contributed by atoms with Gasteiger partial charge in [0, 0.05) is 22.1 Å². The Bertz CT molecular complexity index is 760. The van der Waals surface area contributed by atoms with Crippen molar-refractivity contribution in [2.45, 2.75) is 25.8 Å². The summed E-state index contributed by atoms with van der Waals surface area (Å²) in [6.07, 6.45) is 4.53. The Morgan fingerprint density at radius 2 is 2.10 bits per heavy atom. The average Bonchev–Trinajstić information content (AvgIpc) is 3.21. The number of pyridine rings is 1. The number of hydrogen-bond donors (Lipinski definition) is 1. The third-order valence-corrected chi connectivity index (χ3v) is 5.18. The fourth-order valence-corrected chi connectivity index (χ4v) is 3.80. The van der Waals surface area contributed by atoms with E-state index in [4.69, 9.17) is 0 Å². The molecular weight excluding hydrogens is 276 g/mol. The van der Waals surface area contributed by atoms with Crippen molar-refractivity contribution in [1.82, 2.24) is 4.98 Å². The lowest BCUT2D eigenvalue weighted by molar-refractivity contribution is 0.692. The van der Waals surface area contributed by atoms with E-state index in [0.717, 1.165) is 11.4 Å². The van der Waals surface area contributed by atoms with E-state index in [1.807, 2.05) is 23.6 Å². The van der Waals surface area contributed by atoms with Crippen LogP contribution in [0.3, 0.4) is 0 Å². The van der Waals surface area contributed by atoms with E-state index < -0.39 is 0 Å². The largest absolute Gasteiger partial charge is 0.377 e. The van der Waals surface area contributed by atoms with E-state index >= 15 is 0 Å². The first-order chi connectivity index (χ1) is 10.3. The quantitative estimate of drug-likeness (QED) is 0.718. The molecule has 1 unspecified atom stereocenters. The van der Waals surface area contributed by atoms with Crippen molar-refractivity contribution in [2.24, 2.45) is 5.92 Å². The first-order valence-electron chi connectivity index (χ1n) is 7.47. The number of rotatable bonds is 4. The topological polar surface area (TPSA) is 24.9 Å². The van der Waals surface area contributed by atoms with E-state index in [1.165, 1.54) is 34.4 Å². The highest BCUT2D eigenvalue weighted by Gasteiger charge is 2.33. The molecular formula is C18H18N2S. The maximum absolute atomic E-state index is 4.53. The van der Waals surface area contributed by atoms with Crippen LogP contribution in [0, 0.1) is 12.8 Å². The molecule has 0 amide bonds. The third-order valence-electron chi connectivity index (χ3n) is 4.23. The monoisotopic (exact) mass is 294 g/mol. The highest BCUT2D eigenvalue weighted by atomic mass is 32.1. The van der Waals surface area contributed by atoms with E-state index in [0.29, 0.717) is 6.04 Å².